The molecule has 0 unspecified atom stereocenters. The van der Waals surface area contributed by atoms with Crippen LogP contribution in [0.1, 0.15) is 15.9 Å². The Balaban J connectivity index is 2.38. The van der Waals surface area contributed by atoms with Gasteiger partial charge in [0.05, 0.1) is 6.61 Å². The van der Waals surface area contributed by atoms with E-state index < -0.39 is 5.97 Å². The number of para-hydroxylation sites is 1. The fourth-order valence-electron chi connectivity index (χ4n) is 1.54. The van der Waals surface area contributed by atoms with Crippen molar-refractivity contribution in [2.75, 3.05) is 0 Å². The highest BCUT2D eigenvalue weighted by molar-refractivity contribution is 5.91. The van der Waals surface area contributed by atoms with Gasteiger partial charge in [0.25, 0.3) is 0 Å². The van der Waals surface area contributed by atoms with E-state index >= 15 is 0 Å². The number of benzene rings is 2. The van der Waals surface area contributed by atoms with E-state index in [9.17, 15) is 4.79 Å². The second-order valence-corrected chi connectivity index (χ2v) is 3.71. The molecule has 2 aromatic carbocycles. The number of aliphatic hydroxyl groups excluding tert-OH is 1. The van der Waals surface area contributed by atoms with E-state index in [1.807, 2.05) is 6.07 Å². The zero-order valence-corrected chi connectivity index (χ0v) is 9.54. The zero-order valence-electron chi connectivity index (χ0n) is 9.54. The molecule has 0 bridgehead atoms. The second-order valence-electron chi connectivity index (χ2n) is 3.71. The van der Waals surface area contributed by atoms with Crippen LogP contribution in [0, 0.1) is 0 Å². The lowest BCUT2D eigenvalue weighted by atomic mass is 10.1. The van der Waals surface area contributed by atoms with Crippen molar-refractivity contribution >= 4 is 5.97 Å². The van der Waals surface area contributed by atoms with Gasteiger partial charge in [-0.2, -0.15) is 0 Å². The van der Waals surface area contributed by atoms with Crippen LogP contribution in [-0.4, -0.2) is 16.2 Å². The molecular formula is C14H12O4. The number of hydrogen-bond acceptors (Lipinski definition) is 3. The number of ether oxygens (including phenoxy) is 1. The molecule has 0 heterocycles. The quantitative estimate of drug-likeness (QED) is 0.867. The molecule has 0 aromatic heterocycles. The Kier molecular flexibility index (Phi) is 3.60. The lowest BCUT2D eigenvalue weighted by molar-refractivity contribution is 0.0694. The lowest BCUT2D eigenvalue weighted by Crippen LogP contribution is -2.01. The van der Waals surface area contributed by atoms with Crippen LogP contribution in [0.25, 0.3) is 0 Å². The first kappa shape index (κ1) is 12.1. The minimum Gasteiger partial charge on any atom is -0.478 e. The van der Waals surface area contributed by atoms with Gasteiger partial charge in [-0.3, -0.25) is 0 Å². The van der Waals surface area contributed by atoms with E-state index in [2.05, 4.69) is 0 Å². The van der Waals surface area contributed by atoms with Gasteiger partial charge >= 0.3 is 5.97 Å². The molecule has 0 aliphatic carbocycles. The summed E-state index contributed by atoms with van der Waals surface area (Å²) in [6, 6.07) is 13.4. The topological polar surface area (TPSA) is 66.8 Å². The molecule has 0 amide bonds. The van der Waals surface area contributed by atoms with Gasteiger partial charge in [0.2, 0.25) is 0 Å². The summed E-state index contributed by atoms with van der Waals surface area (Å²) < 4.78 is 5.52. The Morgan fingerprint density at radius 1 is 1.11 bits per heavy atom. The highest BCUT2D eigenvalue weighted by Gasteiger charge is 2.12. The number of carboxylic acids is 1. The number of carbonyl (C=O) groups is 1. The molecule has 0 radical (unpaired) electrons. The summed E-state index contributed by atoms with van der Waals surface area (Å²) in [7, 11) is 0. The average Bonchev–Trinajstić information content (AvgIpc) is 2.39. The van der Waals surface area contributed by atoms with Crippen LogP contribution in [0.15, 0.2) is 48.5 Å². The minimum atomic E-state index is -1.06. The molecule has 0 spiro atoms. The van der Waals surface area contributed by atoms with Crippen LogP contribution in [0.2, 0.25) is 0 Å². The number of aromatic carboxylic acids is 1. The van der Waals surface area contributed by atoms with Crippen LogP contribution in [0.4, 0.5) is 0 Å². The molecule has 2 N–H and O–H groups in total. The molecule has 2 rings (SSSR count). The summed E-state index contributed by atoms with van der Waals surface area (Å²) in [5.41, 5.74) is 0.669. The average molecular weight is 244 g/mol. The third-order valence-corrected chi connectivity index (χ3v) is 2.43. The van der Waals surface area contributed by atoms with Gasteiger partial charge in [0.15, 0.2) is 0 Å². The van der Waals surface area contributed by atoms with Crippen LogP contribution in [0.3, 0.4) is 0 Å². The third kappa shape index (κ3) is 2.67. The SMILES string of the molecule is O=C(O)c1ccc(CO)cc1Oc1ccccc1. The number of aliphatic hydroxyl groups is 1. The molecule has 18 heavy (non-hydrogen) atoms. The standard InChI is InChI=1S/C14H12O4/c15-9-10-6-7-12(14(16)17)13(8-10)18-11-4-2-1-3-5-11/h1-8,15H,9H2,(H,16,17). The predicted octanol–water partition coefficient (Wildman–Crippen LogP) is 2.67. The molecule has 92 valence electrons. The summed E-state index contributed by atoms with van der Waals surface area (Å²) in [5, 5.41) is 18.1. The number of carboxylic acid groups (broad SMARTS) is 1. The Labute approximate surface area is 104 Å². The van der Waals surface area contributed by atoms with E-state index in [1.165, 1.54) is 12.1 Å². The first-order chi connectivity index (χ1) is 8.70. The molecule has 0 atom stereocenters. The van der Waals surface area contributed by atoms with Crippen molar-refractivity contribution in [3.05, 3.63) is 59.7 Å². The van der Waals surface area contributed by atoms with Gasteiger partial charge in [0.1, 0.15) is 17.1 Å². The molecule has 0 aliphatic rings. The van der Waals surface area contributed by atoms with Crippen molar-refractivity contribution in [3.8, 4) is 11.5 Å². The lowest BCUT2D eigenvalue weighted by Gasteiger charge is -2.09. The normalized spacial score (nSPS) is 10.1. The molecule has 4 heteroatoms. The molecule has 0 aliphatic heterocycles. The first-order valence-electron chi connectivity index (χ1n) is 5.40. The summed E-state index contributed by atoms with van der Waals surface area (Å²) >= 11 is 0. The van der Waals surface area contributed by atoms with Gasteiger partial charge in [-0.05, 0) is 29.8 Å². The Morgan fingerprint density at radius 2 is 1.83 bits per heavy atom. The maximum atomic E-state index is 11.1. The van der Waals surface area contributed by atoms with Gasteiger partial charge < -0.3 is 14.9 Å². The van der Waals surface area contributed by atoms with E-state index in [1.54, 1.807) is 30.3 Å². The van der Waals surface area contributed by atoms with Crippen molar-refractivity contribution in [2.45, 2.75) is 6.61 Å². The van der Waals surface area contributed by atoms with Gasteiger partial charge in [-0.1, -0.05) is 24.3 Å². The van der Waals surface area contributed by atoms with Crippen LogP contribution < -0.4 is 4.74 Å². The fraction of sp³-hybridized carbons (Fsp3) is 0.0714. The highest BCUT2D eigenvalue weighted by Crippen LogP contribution is 2.26. The maximum Gasteiger partial charge on any atom is 0.339 e. The summed E-state index contributed by atoms with van der Waals surface area (Å²) in [4.78, 5) is 11.1. The molecule has 2 aromatic rings. The van der Waals surface area contributed by atoms with E-state index in [0.717, 1.165) is 0 Å². The minimum absolute atomic E-state index is 0.0658. The fourth-order valence-corrected chi connectivity index (χ4v) is 1.54. The smallest absolute Gasteiger partial charge is 0.339 e. The monoisotopic (exact) mass is 244 g/mol. The Bertz CT molecular complexity index is 549. The Hall–Kier alpha value is -2.33. The molecule has 0 fully saturated rings. The van der Waals surface area contributed by atoms with Crippen molar-refractivity contribution in [3.63, 3.8) is 0 Å². The summed E-state index contributed by atoms with van der Waals surface area (Å²) in [5.74, 6) is -0.291. The summed E-state index contributed by atoms with van der Waals surface area (Å²) in [6.45, 7) is -0.162. The van der Waals surface area contributed by atoms with Gasteiger partial charge in [-0.25, -0.2) is 4.79 Å². The first-order valence-corrected chi connectivity index (χ1v) is 5.40. The largest absolute Gasteiger partial charge is 0.478 e. The van der Waals surface area contributed by atoms with Gasteiger partial charge in [0, 0.05) is 0 Å². The van der Waals surface area contributed by atoms with Crippen molar-refractivity contribution in [1.82, 2.24) is 0 Å². The highest BCUT2D eigenvalue weighted by atomic mass is 16.5. The zero-order chi connectivity index (χ0) is 13.0. The van der Waals surface area contributed by atoms with Crippen molar-refractivity contribution in [1.29, 1.82) is 0 Å². The van der Waals surface area contributed by atoms with Crippen LogP contribution >= 0.6 is 0 Å². The predicted molar refractivity (Wildman–Crippen MR) is 65.8 cm³/mol. The number of rotatable bonds is 4. The Morgan fingerprint density at radius 3 is 2.44 bits per heavy atom. The maximum absolute atomic E-state index is 11.1. The van der Waals surface area contributed by atoms with Crippen molar-refractivity contribution < 1.29 is 19.7 Å². The molecule has 0 saturated heterocycles. The van der Waals surface area contributed by atoms with E-state index in [0.29, 0.717) is 11.3 Å². The van der Waals surface area contributed by atoms with Crippen LogP contribution in [0.5, 0.6) is 11.5 Å². The molecule has 4 nitrogen and oxygen atoms in total. The molecular weight excluding hydrogens is 232 g/mol. The van der Waals surface area contributed by atoms with E-state index in [-0.39, 0.29) is 17.9 Å². The summed E-state index contributed by atoms with van der Waals surface area (Å²) in [6.07, 6.45) is 0. The van der Waals surface area contributed by atoms with Crippen molar-refractivity contribution in [2.24, 2.45) is 0 Å². The second kappa shape index (κ2) is 5.33. The van der Waals surface area contributed by atoms with Crippen LogP contribution in [-0.2, 0) is 6.61 Å². The molecule has 0 saturated carbocycles. The number of hydrogen-bond donors (Lipinski definition) is 2. The van der Waals surface area contributed by atoms with E-state index in [4.69, 9.17) is 14.9 Å². The third-order valence-electron chi connectivity index (χ3n) is 2.43. The van der Waals surface area contributed by atoms with Gasteiger partial charge in [-0.15, -0.1) is 0 Å².